The Morgan fingerprint density at radius 3 is 2.85 bits per heavy atom. The Kier molecular flexibility index (Phi) is 5.86. The van der Waals surface area contributed by atoms with Gasteiger partial charge in [0.05, 0.1) is 0 Å². The lowest BCUT2D eigenvalue weighted by Crippen LogP contribution is -2.38. The highest BCUT2D eigenvalue weighted by Gasteiger charge is 2.22. The van der Waals surface area contributed by atoms with Crippen molar-refractivity contribution >= 4 is 0 Å². The Bertz CT molecular complexity index is 408. The predicted octanol–water partition coefficient (Wildman–Crippen LogP) is 3.03. The van der Waals surface area contributed by atoms with Crippen molar-refractivity contribution in [2.45, 2.75) is 45.2 Å². The Labute approximate surface area is 123 Å². The molecule has 112 valence electrons. The molecule has 3 nitrogen and oxygen atoms in total. The summed E-state index contributed by atoms with van der Waals surface area (Å²) in [5.74, 6) is 1.80. The molecule has 0 bridgehead atoms. The first-order chi connectivity index (χ1) is 9.70. The van der Waals surface area contributed by atoms with E-state index in [1.165, 1.54) is 25.7 Å². The minimum absolute atomic E-state index is 0.534. The summed E-state index contributed by atoms with van der Waals surface area (Å²) in [6, 6.07) is 8.77. The maximum absolute atomic E-state index is 5.89. The second kappa shape index (κ2) is 7.65. The van der Waals surface area contributed by atoms with Gasteiger partial charge in [0.15, 0.2) is 0 Å². The summed E-state index contributed by atoms with van der Waals surface area (Å²) in [7, 11) is 2.22. The van der Waals surface area contributed by atoms with Crippen LogP contribution in [0.25, 0.3) is 0 Å². The Morgan fingerprint density at radius 1 is 1.30 bits per heavy atom. The first-order valence-corrected chi connectivity index (χ1v) is 7.81. The van der Waals surface area contributed by atoms with E-state index in [4.69, 9.17) is 10.5 Å². The molecular weight excluding hydrogens is 248 g/mol. The summed E-state index contributed by atoms with van der Waals surface area (Å²) in [4.78, 5) is 2.46. The lowest BCUT2D eigenvalue weighted by molar-refractivity contribution is 0.140. The van der Waals surface area contributed by atoms with E-state index >= 15 is 0 Å². The Balaban J connectivity index is 1.77. The highest BCUT2D eigenvalue weighted by atomic mass is 16.5. The van der Waals surface area contributed by atoms with Crippen LogP contribution >= 0.6 is 0 Å². The second-order valence-electron chi connectivity index (χ2n) is 6.07. The average Bonchev–Trinajstić information content (AvgIpc) is 2.47. The van der Waals surface area contributed by atoms with Crippen LogP contribution in [0.2, 0.25) is 0 Å². The van der Waals surface area contributed by atoms with Gasteiger partial charge in [-0.3, -0.25) is 0 Å². The summed E-state index contributed by atoms with van der Waals surface area (Å²) in [6.07, 6.45) is 5.42. The van der Waals surface area contributed by atoms with Gasteiger partial charge in [-0.05, 0) is 31.9 Å². The molecule has 2 rings (SSSR count). The molecule has 20 heavy (non-hydrogen) atoms. The van der Waals surface area contributed by atoms with E-state index in [9.17, 15) is 0 Å². The smallest absolute Gasteiger partial charge is 0.123 e. The largest absolute Gasteiger partial charge is 0.492 e. The molecule has 1 aromatic carbocycles. The van der Waals surface area contributed by atoms with E-state index in [0.29, 0.717) is 6.54 Å². The topological polar surface area (TPSA) is 38.5 Å². The van der Waals surface area contributed by atoms with Gasteiger partial charge < -0.3 is 15.4 Å². The van der Waals surface area contributed by atoms with E-state index in [0.717, 1.165) is 36.4 Å². The molecule has 2 N–H and O–H groups in total. The molecule has 1 saturated carbocycles. The van der Waals surface area contributed by atoms with Crippen molar-refractivity contribution in [3.63, 3.8) is 0 Å². The van der Waals surface area contributed by atoms with Crippen molar-refractivity contribution in [3.05, 3.63) is 29.8 Å². The van der Waals surface area contributed by atoms with Crippen LogP contribution < -0.4 is 10.5 Å². The number of rotatable bonds is 6. The summed E-state index contributed by atoms with van der Waals surface area (Å²) >= 11 is 0. The van der Waals surface area contributed by atoms with Crippen molar-refractivity contribution in [3.8, 4) is 5.75 Å². The highest BCUT2D eigenvalue weighted by molar-refractivity contribution is 5.32. The summed E-state index contributed by atoms with van der Waals surface area (Å²) < 4.78 is 5.89. The molecular formula is C17H28N2O. The van der Waals surface area contributed by atoms with E-state index < -0.39 is 0 Å². The SMILES string of the molecule is CC1CCCC(N(C)CCOc2ccccc2CN)C1. The van der Waals surface area contributed by atoms with Gasteiger partial charge >= 0.3 is 0 Å². The summed E-state index contributed by atoms with van der Waals surface area (Å²) in [5.41, 5.74) is 6.81. The first-order valence-electron chi connectivity index (χ1n) is 7.81. The third kappa shape index (κ3) is 4.22. The molecule has 0 radical (unpaired) electrons. The summed E-state index contributed by atoms with van der Waals surface area (Å²) in [6.45, 7) is 4.62. The molecule has 2 atom stereocenters. The molecule has 0 heterocycles. The Morgan fingerprint density at radius 2 is 2.10 bits per heavy atom. The van der Waals surface area contributed by atoms with E-state index in [-0.39, 0.29) is 0 Å². The van der Waals surface area contributed by atoms with Crippen LogP contribution in [0.5, 0.6) is 5.75 Å². The Hall–Kier alpha value is -1.06. The monoisotopic (exact) mass is 276 g/mol. The van der Waals surface area contributed by atoms with Crippen LogP contribution in [-0.4, -0.2) is 31.1 Å². The van der Waals surface area contributed by atoms with Gasteiger partial charge in [0.2, 0.25) is 0 Å². The zero-order valence-corrected chi connectivity index (χ0v) is 12.8. The number of hydrogen-bond donors (Lipinski definition) is 1. The first kappa shape index (κ1) is 15.3. The quantitative estimate of drug-likeness (QED) is 0.868. The maximum Gasteiger partial charge on any atom is 0.123 e. The fourth-order valence-corrected chi connectivity index (χ4v) is 3.10. The maximum atomic E-state index is 5.89. The highest BCUT2D eigenvalue weighted by Crippen LogP contribution is 2.26. The lowest BCUT2D eigenvalue weighted by Gasteiger charge is -2.34. The molecule has 0 aromatic heterocycles. The number of nitrogens with two attached hydrogens (primary N) is 1. The molecule has 3 heteroatoms. The van der Waals surface area contributed by atoms with Gasteiger partial charge in [-0.2, -0.15) is 0 Å². The van der Waals surface area contributed by atoms with Gasteiger partial charge in [0, 0.05) is 24.7 Å². The minimum atomic E-state index is 0.534. The molecule has 0 spiro atoms. The number of para-hydroxylation sites is 1. The third-order valence-electron chi connectivity index (χ3n) is 4.43. The molecule has 1 aliphatic carbocycles. The van der Waals surface area contributed by atoms with Crippen LogP contribution in [0.1, 0.15) is 38.2 Å². The van der Waals surface area contributed by atoms with Crippen molar-refractivity contribution in [1.82, 2.24) is 4.90 Å². The van der Waals surface area contributed by atoms with Crippen LogP contribution in [0.4, 0.5) is 0 Å². The molecule has 0 saturated heterocycles. The summed E-state index contributed by atoms with van der Waals surface area (Å²) in [5, 5.41) is 0. The standard InChI is InChI=1S/C17H28N2O/c1-14-6-5-8-16(12-14)19(2)10-11-20-17-9-4-3-7-15(17)13-18/h3-4,7,9,14,16H,5-6,8,10-13,18H2,1-2H3. The van der Waals surface area contributed by atoms with Crippen molar-refractivity contribution < 1.29 is 4.74 Å². The van der Waals surface area contributed by atoms with Gasteiger partial charge in [-0.1, -0.05) is 38.0 Å². The normalized spacial score (nSPS) is 23.0. The predicted molar refractivity (Wildman–Crippen MR) is 83.9 cm³/mol. The van der Waals surface area contributed by atoms with Gasteiger partial charge in [-0.25, -0.2) is 0 Å². The number of nitrogens with zero attached hydrogens (tertiary/aromatic N) is 1. The van der Waals surface area contributed by atoms with E-state index in [1.807, 2.05) is 24.3 Å². The number of ether oxygens (including phenoxy) is 1. The van der Waals surface area contributed by atoms with Gasteiger partial charge in [0.25, 0.3) is 0 Å². The molecule has 0 aliphatic heterocycles. The van der Waals surface area contributed by atoms with E-state index in [1.54, 1.807) is 0 Å². The van der Waals surface area contributed by atoms with Crippen LogP contribution in [0.3, 0.4) is 0 Å². The molecule has 2 unspecified atom stereocenters. The van der Waals surface area contributed by atoms with Gasteiger partial charge in [0.1, 0.15) is 12.4 Å². The zero-order valence-electron chi connectivity index (χ0n) is 12.8. The van der Waals surface area contributed by atoms with Crippen molar-refractivity contribution in [1.29, 1.82) is 0 Å². The molecule has 0 amide bonds. The molecule has 1 aromatic rings. The number of hydrogen-bond acceptors (Lipinski definition) is 3. The molecule has 1 aliphatic rings. The van der Waals surface area contributed by atoms with Crippen molar-refractivity contribution in [2.75, 3.05) is 20.2 Å². The number of likely N-dealkylation sites (N-methyl/N-ethyl adjacent to an activating group) is 1. The van der Waals surface area contributed by atoms with Crippen LogP contribution in [0.15, 0.2) is 24.3 Å². The van der Waals surface area contributed by atoms with Crippen LogP contribution in [0, 0.1) is 5.92 Å². The van der Waals surface area contributed by atoms with E-state index in [2.05, 4.69) is 18.9 Å². The zero-order chi connectivity index (χ0) is 14.4. The lowest BCUT2D eigenvalue weighted by atomic mass is 9.86. The molecule has 1 fully saturated rings. The number of benzene rings is 1. The third-order valence-corrected chi connectivity index (χ3v) is 4.43. The van der Waals surface area contributed by atoms with Crippen molar-refractivity contribution in [2.24, 2.45) is 11.7 Å². The second-order valence-corrected chi connectivity index (χ2v) is 6.07. The van der Waals surface area contributed by atoms with Gasteiger partial charge in [-0.15, -0.1) is 0 Å². The van der Waals surface area contributed by atoms with Crippen LogP contribution in [-0.2, 0) is 6.54 Å². The fraction of sp³-hybridized carbons (Fsp3) is 0.647. The fourth-order valence-electron chi connectivity index (χ4n) is 3.10. The average molecular weight is 276 g/mol. The minimum Gasteiger partial charge on any atom is -0.492 e.